The summed E-state index contributed by atoms with van der Waals surface area (Å²) in [6.07, 6.45) is 5.22. The number of para-hydroxylation sites is 1. The van der Waals surface area contributed by atoms with E-state index in [4.69, 9.17) is 6.42 Å². The summed E-state index contributed by atoms with van der Waals surface area (Å²) >= 11 is 0. The summed E-state index contributed by atoms with van der Waals surface area (Å²) in [6, 6.07) is 7.40. The molecule has 0 fully saturated rings. The third-order valence-electron chi connectivity index (χ3n) is 1.26. The van der Waals surface area contributed by atoms with Gasteiger partial charge < -0.3 is 0 Å². The van der Waals surface area contributed by atoms with Crippen LogP contribution in [-0.4, -0.2) is 5.87 Å². The van der Waals surface area contributed by atoms with Gasteiger partial charge in [-0.1, -0.05) is 18.1 Å². The van der Waals surface area contributed by atoms with E-state index >= 15 is 0 Å². The van der Waals surface area contributed by atoms with Crippen molar-refractivity contribution in [3.05, 3.63) is 36.4 Å². The number of hydrogen-bond acceptors (Lipinski definition) is 1. The Labute approximate surface area is 66.1 Å². The molecule has 0 saturated heterocycles. The smallest absolute Gasteiger partial charge is 0.0885 e. The van der Waals surface area contributed by atoms with Gasteiger partial charge in [0.05, 0.1) is 11.3 Å². The zero-order valence-corrected chi connectivity index (χ0v) is 6.04. The second-order valence-electron chi connectivity index (χ2n) is 1.93. The molecule has 0 radical (unpaired) electrons. The van der Waals surface area contributed by atoms with E-state index in [1.165, 1.54) is 0 Å². The van der Waals surface area contributed by atoms with Gasteiger partial charge in [0.2, 0.25) is 0 Å². The highest BCUT2D eigenvalue weighted by molar-refractivity contribution is 5.61. The molecule has 0 spiro atoms. The maximum absolute atomic E-state index is 5.22. The molecule has 0 aliphatic heterocycles. The molecule has 1 heteroatoms. The van der Waals surface area contributed by atoms with Crippen molar-refractivity contribution in [3.63, 3.8) is 0 Å². The first-order chi connectivity index (χ1) is 5.38. The summed E-state index contributed by atoms with van der Waals surface area (Å²) in [5.74, 6) is 4.96. The molecule has 1 aromatic rings. The van der Waals surface area contributed by atoms with Gasteiger partial charge in [0.15, 0.2) is 0 Å². The van der Waals surface area contributed by atoms with Crippen molar-refractivity contribution in [1.82, 2.24) is 0 Å². The minimum Gasteiger partial charge on any atom is -0.206 e. The molecule has 0 aliphatic carbocycles. The van der Waals surface area contributed by atoms with Crippen LogP contribution in [0.25, 0.3) is 0 Å². The Morgan fingerprint density at radius 1 is 1.36 bits per heavy atom. The van der Waals surface area contributed by atoms with E-state index in [1.807, 2.05) is 24.3 Å². The van der Waals surface area contributed by atoms with Crippen LogP contribution in [0.15, 0.2) is 35.8 Å². The number of terminal acetylenes is 1. The number of aliphatic imine (C=N–C) groups is 1. The number of hydrogen-bond donors (Lipinski definition) is 0. The molecule has 0 saturated carbocycles. The highest BCUT2D eigenvalue weighted by Crippen LogP contribution is 2.15. The summed E-state index contributed by atoms with van der Waals surface area (Å²) < 4.78 is 0. The monoisotopic (exact) mass is 141 g/mol. The van der Waals surface area contributed by atoms with E-state index in [2.05, 4.69) is 23.4 Å². The van der Waals surface area contributed by atoms with Crippen molar-refractivity contribution in [2.24, 2.45) is 4.99 Å². The van der Waals surface area contributed by atoms with Crippen LogP contribution in [0, 0.1) is 12.3 Å². The first-order valence-electron chi connectivity index (χ1n) is 3.17. The topological polar surface area (TPSA) is 12.4 Å². The Bertz CT molecular complexity index is 338. The lowest BCUT2D eigenvalue weighted by atomic mass is 10.2. The molecule has 0 atom stereocenters. The predicted octanol–water partition coefficient (Wildman–Crippen LogP) is 2.16. The molecule has 0 amide bonds. The zero-order chi connectivity index (χ0) is 8.10. The minimum absolute atomic E-state index is 0.741. The van der Waals surface area contributed by atoms with Crippen LogP contribution in [0.5, 0.6) is 0 Å². The fourth-order valence-electron chi connectivity index (χ4n) is 0.778. The van der Waals surface area contributed by atoms with Crippen LogP contribution >= 0.6 is 0 Å². The van der Waals surface area contributed by atoms with Gasteiger partial charge in [-0.2, -0.15) is 0 Å². The van der Waals surface area contributed by atoms with Crippen molar-refractivity contribution in [3.8, 4) is 12.3 Å². The Kier molecular flexibility index (Phi) is 2.28. The molecule has 1 aromatic carbocycles. The van der Waals surface area contributed by atoms with Crippen molar-refractivity contribution >= 4 is 11.6 Å². The van der Waals surface area contributed by atoms with Gasteiger partial charge in [0, 0.05) is 0 Å². The Balaban J connectivity index is 3.25. The second-order valence-corrected chi connectivity index (χ2v) is 1.93. The minimum atomic E-state index is 0.741. The Hall–Kier alpha value is -1.77. The third kappa shape index (κ3) is 1.58. The highest BCUT2D eigenvalue weighted by Gasteiger charge is 1.92. The van der Waals surface area contributed by atoms with Gasteiger partial charge >= 0.3 is 0 Å². The summed E-state index contributed by atoms with van der Waals surface area (Å²) in [5.41, 5.74) is 1.51. The second kappa shape index (κ2) is 3.41. The maximum atomic E-state index is 5.22. The largest absolute Gasteiger partial charge is 0.206 e. The average molecular weight is 141 g/mol. The van der Waals surface area contributed by atoms with Gasteiger partial charge in [-0.15, -0.1) is 6.42 Å². The molecular formula is C10H7N. The van der Waals surface area contributed by atoms with E-state index in [9.17, 15) is 0 Å². The molecule has 0 aliphatic rings. The van der Waals surface area contributed by atoms with Crippen LogP contribution in [-0.2, 0) is 0 Å². The van der Waals surface area contributed by atoms with Crippen LogP contribution in [0.2, 0.25) is 0 Å². The zero-order valence-electron chi connectivity index (χ0n) is 6.04. The van der Waals surface area contributed by atoms with Crippen molar-refractivity contribution < 1.29 is 0 Å². The van der Waals surface area contributed by atoms with Crippen LogP contribution in [0.4, 0.5) is 5.69 Å². The standard InChI is InChI=1S/C10H7N/c1-3-9-7-5-6-8-10(9)11-4-2/h1,5-8H,2H2. The molecule has 0 aromatic heterocycles. The van der Waals surface area contributed by atoms with Crippen molar-refractivity contribution in [2.45, 2.75) is 0 Å². The van der Waals surface area contributed by atoms with Gasteiger partial charge in [-0.05, 0) is 24.6 Å². The molecule has 1 rings (SSSR count). The number of benzene rings is 1. The lowest BCUT2D eigenvalue weighted by molar-refractivity contribution is 1.51. The van der Waals surface area contributed by atoms with Crippen LogP contribution in [0.3, 0.4) is 0 Å². The van der Waals surface area contributed by atoms with E-state index in [-0.39, 0.29) is 0 Å². The summed E-state index contributed by atoms with van der Waals surface area (Å²) in [6.45, 7) is 3.37. The lowest BCUT2D eigenvalue weighted by Crippen LogP contribution is -1.72. The van der Waals surface area contributed by atoms with E-state index in [1.54, 1.807) is 0 Å². The summed E-state index contributed by atoms with van der Waals surface area (Å²) in [4.78, 5) is 3.87. The Morgan fingerprint density at radius 2 is 2.09 bits per heavy atom. The van der Waals surface area contributed by atoms with Crippen molar-refractivity contribution in [1.29, 1.82) is 0 Å². The van der Waals surface area contributed by atoms with Gasteiger partial charge in [0.25, 0.3) is 0 Å². The molecule has 0 N–H and O–H groups in total. The van der Waals surface area contributed by atoms with Gasteiger partial charge in [0.1, 0.15) is 0 Å². The molecule has 0 heterocycles. The summed E-state index contributed by atoms with van der Waals surface area (Å²) in [7, 11) is 0. The number of nitrogens with zero attached hydrogens (tertiary/aromatic N) is 1. The highest BCUT2D eigenvalue weighted by atomic mass is 14.7. The first-order valence-corrected chi connectivity index (χ1v) is 3.17. The maximum Gasteiger partial charge on any atom is 0.0885 e. The first kappa shape index (κ1) is 7.34. The molecule has 11 heavy (non-hydrogen) atoms. The SMILES string of the molecule is C#Cc1ccccc1N=C=C. The third-order valence-corrected chi connectivity index (χ3v) is 1.26. The molecule has 1 nitrogen and oxygen atoms in total. The molecule has 0 bridgehead atoms. The number of rotatable bonds is 1. The molecule has 0 unspecified atom stereocenters. The fraction of sp³-hybridized carbons (Fsp3) is 0. The normalized spacial score (nSPS) is 7.91. The Morgan fingerprint density at radius 3 is 2.73 bits per heavy atom. The lowest BCUT2D eigenvalue weighted by Gasteiger charge is -1.93. The predicted molar refractivity (Wildman–Crippen MR) is 47.1 cm³/mol. The van der Waals surface area contributed by atoms with Crippen LogP contribution in [0.1, 0.15) is 5.56 Å². The van der Waals surface area contributed by atoms with Crippen LogP contribution < -0.4 is 0 Å². The fourth-order valence-corrected chi connectivity index (χ4v) is 0.778. The van der Waals surface area contributed by atoms with E-state index < -0.39 is 0 Å². The average Bonchev–Trinajstić information content (AvgIpc) is 2.06. The van der Waals surface area contributed by atoms with E-state index in [0.29, 0.717) is 0 Å². The molecule has 52 valence electrons. The van der Waals surface area contributed by atoms with Crippen molar-refractivity contribution in [2.75, 3.05) is 0 Å². The van der Waals surface area contributed by atoms with E-state index in [0.717, 1.165) is 11.3 Å². The quantitative estimate of drug-likeness (QED) is 0.419. The van der Waals surface area contributed by atoms with Gasteiger partial charge in [-0.25, -0.2) is 4.99 Å². The molecular weight excluding hydrogens is 134 g/mol. The summed E-state index contributed by atoms with van der Waals surface area (Å²) in [5, 5.41) is 0. The van der Waals surface area contributed by atoms with Gasteiger partial charge in [-0.3, -0.25) is 0 Å².